The van der Waals surface area contributed by atoms with Crippen LogP contribution in [0.3, 0.4) is 0 Å². The molecule has 5 rings (SSSR count). The Kier molecular flexibility index (Phi) is 6.59. The first kappa shape index (κ1) is 25.1. The van der Waals surface area contributed by atoms with E-state index in [1.807, 2.05) is 0 Å². The van der Waals surface area contributed by atoms with E-state index in [9.17, 15) is 0 Å². The van der Waals surface area contributed by atoms with E-state index in [2.05, 4.69) is 154 Å². The summed E-state index contributed by atoms with van der Waals surface area (Å²) < 4.78 is 1.29. The summed E-state index contributed by atoms with van der Waals surface area (Å²) in [6.45, 7) is 13.5. The Hall–Kier alpha value is -3.56. The molecule has 1 heterocycles. The van der Waals surface area contributed by atoms with E-state index in [0.717, 1.165) is 22.7 Å². The van der Waals surface area contributed by atoms with Crippen molar-refractivity contribution in [3.8, 4) is 0 Å². The second-order valence-corrected chi connectivity index (χ2v) is 12.7. The molecular weight excluding hydrogens is 468 g/mol. The van der Waals surface area contributed by atoms with E-state index in [-0.39, 0.29) is 10.8 Å². The van der Waals surface area contributed by atoms with Crippen molar-refractivity contribution in [1.82, 2.24) is 0 Å². The fraction of sp³-hybridized carbons (Fsp3) is 0.235. The van der Waals surface area contributed by atoms with Crippen molar-refractivity contribution in [2.45, 2.75) is 52.4 Å². The summed E-state index contributed by atoms with van der Waals surface area (Å²) in [5.74, 6) is 0. The molecule has 0 bridgehead atoms. The summed E-state index contributed by atoms with van der Waals surface area (Å²) in [5.41, 5.74) is 8.57. The Morgan fingerprint density at radius 1 is 0.595 bits per heavy atom. The Balaban J connectivity index is 1.54. The van der Waals surface area contributed by atoms with Crippen LogP contribution in [-0.2, 0) is 10.8 Å². The molecule has 37 heavy (non-hydrogen) atoms. The van der Waals surface area contributed by atoms with Gasteiger partial charge in [-0.25, -0.2) is 0 Å². The number of anilines is 5. The predicted molar refractivity (Wildman–Crippen MR) is 164 cm³/mol. The molecule has 0 atom stereocenters. The second-order valence-electron chi connectivity index (χ2n) is 11.8. The van der Waals surface area contributed by atoms with Gasteiger partial charge in [-0.1, -0.05) is 90.1 Å². The molecule has 0 aliphatic carbocycles. The maximum atomic E-state index is 3.62. The molecular formula is C34H36N2S. The van der Waals surface area contributed by atoms with Crippen LogP contribution in [0.2, 0.25) is 0 Å². The van der Waals surface area contributed by atoms with E-state index in [1.54, 1.807) is 11.3 Å². The molecule has 0 amide bonds. The minimum Gasteiger partial charge on any atom is -0.355 e. The summed E-state index contributed by atoms with van der Waals surface area (Å²) in [6, 6.07) is 35.1. The molecule has 0 saturated heterocycles. The second kappa shape index (κ2) is 9.72. The number of hydrogen-bond donors (Lipinski definition) is 1. The van der Waals surface area contributed by atoms with Gasteiger partial charge in [-0.05, 0) is 70.5 Å². The van der Waals surface area contributed by atoms with Crippen molar-refractivity contribution in [3.05, 3.63) is 114 Å². The van der Waals surface area contributed by atoms with Crippen LogP contribution < -0.4 is 10.2 Å². The Labute approximate surface area is 225 Å². The highest BCUT2D eigenvalue weighted by atomic mass is 32.1. The number of nitrogens with one attached hydrogen (secondary N) is 1. The van der Waals surface area contributed by atoms with Gasteiger partial charge < -0.3 is 10.2 Å². The zero-order valence-electron chi connectivity index (χ0n) is 22.7. The molecule has 3 heteroatoms. The standard InChI is InChI=1S/C34H36N2S/c1-33(2,3)24-14-18-26(19-15-24)35-27-10-9-11-29(22-27)36(28-20-16-25(17-21-28)34(4,5)6)31-23-37-32-13-8-7-12-30(31)32/h7-23,35H,1-6H3. The number of thiophene rings is 1. The molecule has 0 unspecified atom stereocenters. The van der Waals surface area contributed by atoms with Gasteiger partial charge >= 0.3 is 0 Å². The molecule has 1 N–H and O–H groups in total. The number of benzene rings is 4. The fourth-order valence-electron chi connectivity index (χ4n) is 4.62. The molecule has 188 valence electrons. The number of hydrogen-bond acceptors (Lipinski definition) is 3. The summed E-state index contributed by atoms with van der Waals surface area (Å²) >= 11 is 1.79. The van der Waals surface area contributed by atoms with Gasteiger partial charge in [-0.2, -0.15) is 0 Å². The molecule has 5 aromatic rings. The zero-order chi connectivity index (χ0) is 26.2. The van der Waals surface area contributed by atoms with Gasteiger partial charge in [0, 0.05) is 38.2 Å². The Morgan fingerprint density at radius 2 is 1.22 bits per heavy atom. The van der Waals surface area contributed by atoms with Crippen molar-refractivity contribution < 1.29 is 0 Å². The third-order valence-electron chi connectivity index (χ3n) is 6.84. The van der Waals surface area contributed by atoms with Gasteiger partial charge in [0.2, 0.25) is 0 Å². The van der Waals surface area contributed by atoms with Gasteiger partial charge in [-0.15, -0.1) is 11.3 Å². The van der Waals surface area contributed by atoms with E-state index in [1.165, 1.54) is 26.9 Å². The van der Waals surface area contributed by atoms with E-state index in [4.69, 9.17) is 0 Å². The molecule has 0 aliphatic rings. The molecule has 2 nitrogen and oxygen atoms in total. The molecule has 4 aromatic carbocycles. The lowest BCUT2D eigenvalue weighted by Crippen LogP contribution is -2.13. The molecule has 0 radical (unpaired) electrons. The van der Waals surface area contributed by atoms with Crippen LogP contribution in [0.4, 0.5) is 28.4 Å². The lowest BCUT2D eigenvalue weighted by Gasteiger charge is -2.27. The van der Waals surface area contributed by atoms with Crippen molar-refractivity contribution >= 4 is 49.9 Å². The third-order valence-corrected chi connectivity index (χ3v) is 7.79. The first-order valence-corrected chi connectivity index (χ1v) is 13.8. The zero-order valence-corrected chi connectivity index (χ0v) is 23.5. The lowest BCUT2D eigenvalue weighted by molar-refractivity contribution is 0.590. The molecule has 0 fully saturated rings. The number of rotatable bonds is 5. The van der Waals surface area contributed by atoms with Crippen LogP contribution in [0.25, 0.3) is 10.1 Å². The largest absolute Gasteiger partial charge is 0.355 e. The van der Waals surface area contributed by atoms with Crippen molar-refractivity contribution in [2.24, 2.45) is 0 Å². The summed E-state index contributed by atoms with van der Waals surface area (Å²) in [5, 5.41) is 7.16. The van der Waals surface area contributed by atoms with Crippen LogP contribution in [0.5, 0.6) is 0 Å². The molecule has 1 aromatic heterocycles. The van der Waals surface area contributed by atoms with Gasteiger partial charge in [-0.3, -0.25) is 0 Å². The number of nitrogens with zero attached hydrogens (tertiary/aromatic N) is 1. The monoisotopic (exact) mass is 504 g/mol. The Bertz CT molecular complexity index is 1500. The van der Waals surface area contributed by atoms with E-state index in [0.29, 0.717) is 0 Å². The average molecular weight is 505 g/mol. The van der Waals surface area contributed by atoms with Crippen LogP contribution in [0, 0.1) is 0 Å². The average Bonchev–Trinajstić information content (AvgIpc) is 3.28. The SMILES string of the molecule is CC(C)(C)c1ccc(Nc2cccc(N(c3ccc(C(C)(C)C)cc3)c3csc4ccccc34)c2)cc1. The topological polar surface area (TPSA) is 15.3 Å². The Morgan fingerprint density at radius 3 is 1.86 bits per heavy atom. The van der Waals surface area contributed by atoms with E-state index < -0.39 is 0 Å². The van der Waals surface area contributed by atoms with Crippen LogP contribution in [0.1, 0.15) is 52.7 Å². The molecule has 0 spiro atoms. The van der Waals surface area contributed by atoms with Crippen LogP contribution in [0.15, 0.2) is 102 Å². The highest BCUT2D eigenvalue weighted by Crippen LogP contribution is 2.43. The lowest BCUT2D eigenvalue weighted by atomic mass is 9.87. The van der Waals surface area contributed by atoms with Crippen molar-refractivity contribution in [1.29, 1.82) is 0 Å². The van der Waals surface area contributed by atoms with Gasteiger partial charge in [0.25, 0.3) is 0 Å². The van der Waals surface area contributed by atoms with Crippen LogP contribution >= 0.6 is 11.3 Å². The first-order valence-electron chi connectivity index (χ1n) is 12.9. The van der Waals surface area contributed by atoms with Gasteiger partial charge in [0.1, 0.15) is 0 Å². The van der Waals surface area contributed by atoms with Gasteiger partial charge in [0.15, 0.2) is 0 Å². The fourth-order valence-corrected chi connectivity index (χ4v) is 5.55. The highest BCUT2D eigenvalue weighted by Gasteiger charge is 2.19. The molecule has 0 saturated carbocycles. The maximum Gasteiger partial charge on any atom is 0.0647 e. The summed E-state index contributed by atoms with van der Waals surface area (Å²) in [4.78, 5) is 2.37. The first-order chi connectivity index (χ1) is 17.6. The minimum atomic E-state index is 0.116. The van der Waals surface area contributed by atoms with Crippen molar-refractivity contribution in [2.75, 3.05) is 10.2 Å². The van der Waals surface area contributed by atoms with E-state index >= 15 is 0 Å². The maximum absolute atomic E-state index is 3.62. The van der Waals surface area contributed by atoms with Crippen molar-refractivity contribution in [3.63, 3.8) is 0 Å². The third kappa shape index (κ3) is 5.42. The molecule has 0 aliphatic heterocycles. The predicted octanol–water partition coefficient (Wildman–Crippen LogP) is 10.7. The minimum absolute atomic E-state index is 0.116. The van der Waals surface area contributed by atoms with Gasteiger partial charge in [0.05, 0.1) is 5.69 Å². The number of fused-ring (bicyclic) bond motifs is 1. The highest BCUT2D eigenvalue weighted by molar-refractivity contribution is 7.17. The summed E-state index contributed by atoms with van der Waals surface area (Å²) in [7, 11) is 0. The van der Waals surface area contributed by atoms with Crippen LogP contribution in [-0.4, -0.2) is 0 Å². The summed E-state index contributed by atoms with van der Waals surface area (Å²) in [6.07, 6.45) is 0. The quantitative estimate of drug-likeness (QED) is 0.256. The smallest absolute Gasteiger partial charge is 0.0647 e. The normalized spacial score (nSPS) is 12.1.